The van der Waals surface area contributed by atoms with E-state index in [0.29, 0.717) is 21.7 Å². The molecule has 2 aliphatic rings. The van der Waals surface area contributed by atoms with Gasteiger partial charge in [0.15, 0.2) is 0 Å². The molecule has 1 aliphatic carbocycles. The minimum atomic E-state index is -0.578. The monoisotopic (exact) mass is 383 g/mol. The highest BCUT2D eigenvalue weighted by Crippen LogP contribution is 2.38. The van der Waals surface area contributed by atoms with Crippen LogP contribution in [-0.4, -0.2) is 35.1 Å². The smallest absolute Gasteiger partial charge is 0.262 e. The Morgan fingerprint density at radius 3 is 2.33 bits per heavy atom. The minimum absolute atomic E-state index is 0.291. The Morgan fingerprint density at radius 2 is 1.70 bits per heavy atom. The average molecular weight is 383 g/mol. The zero-order valence-electron chi connectivity index (χ0n) is 14.4. The number of fused-ring (bicyclic) bond motifs is 2. The van der Waals surface area contributed by atoms with E-state index in [4.69, 9.17) is 5.73 Å². The fourth-order valence-electron chi connectivity index (χ4n) is 3.61. The molecule has 0 spiro atoms. The summed E-state index contributed by atoms with van der Waals surface area (Å²) in [5, 5.41) is 3.08. The molecule has 27 heavy (non-hydrogen) atoms. The number of amides is 4. The number of nitrogens with zero attached hydrogens (tertiary/aromatic N) is 1. The summed E-state index contributed by atoms with van der Waals surface area (Å²) in [4.78, 5) is 51.1. The third-order valence-corrected chi connectivity index (χ3v) is 6.06. The Labute approximate surface area is 159 Å². The molecule has 3 N–H and O–H groups in total. The van der Waals surface area contributed by atoms with Crippen molar-refractivity contribution in [1.29, 1.82) is 0 Å². The number of hydrogen-bond donors (Lipinski definition) is 2. The topological polar surface area (TPSA) is 110 Å². The summed E-state index contributed by atoms with van der Waals surface area (Å²) < 4.78 is 0. The number of benzene rings is 1. The van der Waals surface area contributed by atoms with E-state index < -0.39 is 30.2 Å². The van der Waals surface area contributed by atoms with Gasteiger partial charge < -0.3 is 11.1 Å². The Kier molecular flexibility index (Phi) is 4.27. The lowest BCUT2D eigenvalue weighted by molar-refractivity contribution is -0.116. The number of anilines is 1. The van der Waals surface area contributed by atoms with Crippen molar-refractivity contribution in [3.63, 3.8) is 0 Å². The van der Waals surface area contributed by atoms with Gasteiger partial charge in [0.1, 0.15) is 11.5 Å². The Morgan fingerprint density at radius 1 is 1.07 bits per heavy atom. The van der Waals surface area contributed by atoms with Gasteiger partial charge in [0.25, 0.3) is 17.7 Å². The van der Waals surface area contributed by atoms with E-state index in [2.05, 4.69) is 5.32 Å². The molecule has 0 atom stereocenters. The molecule has 0 unspecified atom stereocenters. The number of rotatable bonds is 4. The largest absolute Gasteiger partial charge is 0.365 e. The number of aryl methyl sites for hydroxylation is 1. The Hall–Kier alpha value is -3.00. The molecule has 2 aromatic rings. The van der Waals surface area contributed by atoms with E-state index in [1.165, 1.54) is 11.3 Å². The van der Waals surface area contributed by atoms with E-state index in [1.807, 2.05) is 0 Å². The number of primary amides is 1. The Bertz CT molecular complexity index is 960. The first-order valence-electron chi connectivity index (χ1n) is 8.66. The Balaban J connectivity index is 1.54. The molecule has 0 fully saturated rings. The van der Waals surface area contributed by atoms with Crippen molar-refractivity contribution >= 4 is 40.0 Å². The number of carbonyl (C=O) groups is 4. The zero-order chi connectivity index (χ0) is 19.1. The van der Waals surface area contributed by atoms with Gasteiger partial charge in [-0.1, -0.05) is 12.1 Å². The summed E-state index contributed by atoms with van der Waals surface area (Å²) in [5.41, 5.74) is 7.37. The summed E-state index contributed by atoms with van der Waals surface area (Å²) in [6, 6.07) is 6.46. The van der Waals surface area contributed by atoms with E-state index in [0.717, 1.165) is 41.0 Å². The number of thiophene rings is 1. The maximum absolute atomic E-state index is 12.5. The predicted molar refractivity (Wildman–Crippen MR) is 99.9 cm³/mol. The number of nitrogens with two attached hydrogens (primary N) is 1. The molecule has 1 aromatic carbocycles. The number of nitrogens with one attached hydrogen (secondary N) is 1. The highest BCUT2D eigenvalue weighted by atomic mass is 32.1. The van der Waals surface area contributed by atoms with Crippen LogP contribution in [0.4, 0.5) is 5.00 Å². The minimum Gasteiger partial charge on any atom is -0.365 e. The van der Waals surface area contributed by atoms with Crippen molar-refractivity contribution in [2.45, 2.75) is 25.7 Å². The molecule has 138 valence electrons. The van der Waals surface area contributed by atoms with Crippen molar-refractivity contribution in [2.75, 3.05) is 11.9 Å². The lowest BCUT2D eigenvalue weighted by Gasteiger charge is -2.13. The normalized spacial score (nSPS) is 15.5. The average Bonchev–Trinajstić information content (AvgIpc) is 3.12. The van der Waals surface area contributed by atoms with Gasteiger partial charge in [-0.2, -0.15) is 0 Å². The van der Waals surface area contributed by atoms with E-state index >= 15 is 0 Å². The third-order valence-electron chi connectivity index (χ3n) is 4.85. The second-order valence-corrected chi connectivity index (χ2v) is 7.67. The van der Waals surface area contributed by atoms with Crippen molar-refractivity contribution in [3.8, 4) is 0 Å². The van der Waals surface area contributed by atoms with E-state index in [-0.39, 0.29) is 0 Å². The van der Waals surface area contributed by atoms with Crippen LogP contribution in [0.5, 0.6) is 0 Å². The summed E-state index contributed by atoms with van der Waals surface area (Å²) in [6.45, 7) is -0.410. The molecular formula is C19H17N3O4S. The first-order valence-corrected chi connectivity index (χ1v) is 9.48. The standard InChI is InChI=1S/C19H17N3O4S/c20-16(24)15-12-7-3-4-8-13(12)27-17(15)21-14(23)9-22-18(25)10-5-1-2-6-11(10)19(22)26/h1-2,5-6H,3-4,7-9H2,(H2,20,24)(H,21,23). The number of hydrogen-bond acceptors (Lipinski definition) is 5. The molecule has 2 heterocycles. The third kappa shape index (κ3) is 2.91. The lowest BCUT2D eigenvalue weighted by atomic mass is 9.95. The van der Waals surface area contributed by atoms with Gasteiger partial charge in [-0.05, 0) is 43.4 Å². The van der Waals surface area contributed by atoms with Crippen LogP contribution in [0.15, 0.2) is 24.3 Å². The van der Waals surface area contributed by atoms with Crippen LogP contribution in [0, 0.1) is 0 Å². The van der Waals surface area contributed by atoms with Gasteiger partial charge >= 0.3 is 0 Å². The van der Waals surface area contributed by atoms with Crippen LogP contribution < -0.4 is 11.1 Å². The molecular weight excluding hydrogens is 366 g/mol. The highest BCUT2D eigenvalue weighted by molar-refractivity contribution is 7.17. The quantitative estimate of drug-likeness (QED) is 0.787. The second kappa shape index (κ2) is 6.62. The van der Waals surface area contributed by atoms with E-state index in [9.17, 15) is 19.2 Å². The molecule has 8 heteroatoms. The van der Waals surface area contributed by atoms with Gasteiger partial charge in [-0.15, -0.1) is 11.3 Å². The van der Waals surface area contributed by atoms with Crippen LogP contribution in [-0.2, 0) is 17.6 Å². The molecule has 0 bridgehead atoms. The molecule has 0 saturated carbocycles. The van der Waals surface area contributed by atoms with E-state index in [1.54, 1.807) is 24.3 Å². The van der Waals surface area contributed by atoms with Crippen molar-refractivity contribution in [3.05, 3.63) is 51.4 Å². The maximum atomic E-state index is 12.5. The fraction of sp³-hybridized carbons (Fsp3) is 0.263. The summed E-state index contributed by atoms with van der Waals surface area (Å²) in [7, 11) is 0. The molecule has 7 nitrogen and oxygen atoms in total. The van der Waals surface area contributed by atoms with Crippen LogP contribution in [0.3, 0.4) is 0 Å². The van der Waals surface area contributed by atoms with Gasteiger partial charge in [-0.25, -0.2) is 0 Å². The molecule has 4 rings (SSSR count). The van der Waals surface area contributed by atoms with Crippen LogP contribution in [0.1, 0.15) is 54.4 Å². The molecule has 0 saturated heterocycles. The van der Waals surface area contributed by atoms with Gasteiger partial charge in [0.05, 0.1) is 16.7 Å². The van der Waals surface area contributed by atoms with Crippen molar-refractivity contribution in [1.82, 2.24) is 4.90 Å². The zero-order valence-corrected chi connectivity index (χ0v) is 15.2. The first kappa shape index (κ1) is 17.4. The van der Waals surface area contributed by atoms with Crippen LogP contribution in [0.25, 0.3) is 0 Å². The lowest BCUT2D eigenvalue weighted by Crippen LogP contribution is -2.37. The summed E-state index contributed by atoms with van der Waals surface area (Å²) in [5.74, 6) is -2.10. The SMILES string of the molecule is NC(=O)c1c(NC(=O)CN2C(=O)c3ccccc3C2=O)sc2c1CCCC2. The van der Waals surface area contributed by atoms with Gasteiger partial charge in [-0.3, -0.25) is 24.1 Å². The number of imide groups is 1. The predicted octanol–water partition coefficient (Wildman–Crippen LogP) is 1.96. The maximum Gasteiger partial charge on any atom is 0.262 e. The fourth-order valence-corrected chi connectivity index (χ4v) is 4.92. The van der Waals surface area contributed by atoms with Crippen LogP contribution in [0.2, 0.25) is 0 Å². The second-order valence-electron chi connectivity index (χ2n) is 6.57. The highest BCUT2D eigenvalue weighted by Gasteiger charge is 2.36. The summed E-state index contributed by atoms with van der Waals surface area (Å²) in [6.07, 6.45) is 3.63. The molecule has 1 aromatic heterocycles. The molecule has 4 amide bonds. The molecule has 0 radical (unpaired) electrons. The van der Waals surface area contributed by atoms with Crippen molar-refractivity contribution in [2.24, 2.45) is 5.73 Å². The van der Waals surface area contributed by atoms with Gasteiger partial charge in [0.2, 0.25) is 5.91 Å². The van der Waals surface area contributed by atoms with Crippen molar-refractivity contribution < 1.29 is 19.2 Å². The first-order chi connectivity index (χ1) is 13.0. The number of carbonyl (C=O) groups excluding carboxylic acids is 4. The van der Waals surface area contributed by atoms with Crippen LogP contribution >= 0.6 is 11.3 Å². The molecule has 1 aliphatic heterocycles. The summed E-state index contributed by atoms with van der Waals surface area (Å²) >= 11 is 1.34. The van der Waals surface area contributed by atoms with Gasteiger partial charge in [0, 0.05) is 4.88 Å².